The first-order valence-electron chi connectivity index (χ1n) is 6.34. The number of carbonyl (C=O) groups is 1. The molecule has 1 aliphatic heterocycles. The van der Waals surface area contributed by atoms with Crippen LogP contribution in [0, 0.1) is 16.0 Å². The quantitative estimate of drug-likeness (QED) is 0.658. The van der Waals surface area contributed by atoms with E-state index < -0.39 is 4.92 Å². The molecular formula is C13H18ClN3O3. The van der Waals surface area contributed by atoms with Crippen molar-refractivity contribution in [2.24, 2.45) is 5.92 Å². The molecule has 6 nitrogen and oxygen atoms in total. The number of carbonyl (C=O) groups excluding carboxylic acids is 1. The average molecular weight is 300 g/mol. The number of halogens is 1. The van der Waals surface area contributed by atoms with E-state index in [-0.39, 0.29) is 30.0 Å². The van der Waals surface area contributed by atoms with Gasteiger partial charge in [0.2, 0.25) is 0 Å². The van der Waals surface area contributed by atoms with E-state index in [0.29, 0.717) is 11.5 Å². The van der Waals surface area contributed by atoms with Crippen LogP contribution in [-0.2, 0) is 0 Å². The number of hydrogen-bond donors (Lipinski definition) is 2. The van der Waals surface area contributed by atoms with Gasteiger partial charge in [-0.2, -0.15) is 0 Å². The van der Waals surface area contributed by atoms with Gasteiger partial charge in [0.1, 0.15) is 0 Å². The molecule has 1 saturated heterocycles. The Morgan fingerprint density at radius 1 is 1.40 bits per heavy atom. The third kappa shape index (κ3) is 3.91. The van der Waals surface area contributed by atoms with Gasteiger partial charge >= 0.3 is 0 Å². The molecule has 0 spiro atoms. The Hall–Kier alpha value is -1.66. The van der Waals surface area contributed by atoms with E-state index in [4.69, 9.17) is 0 Å². The third-order valence-corrected chi connectivity index (χ3v) is 3.48. The van der Waals surface area contributed by atoms with Gasteiger partial charge in [0.05, 0.1) is 4.92 Å². The zero-order chi connectivity index (χ0) is 13.8. The van der Waals surface area contributed by atoms with Crippen molar-refractivity contribution in [2.75, 3.05) is 13.1 Å². The van der Waals surface area contributed by atoms with Crippen molar-refractivity contribution < 1.29 is 9.72 Å². The van der Waals surface area contributed by atoms with Crippen molar-refractivity contribution in [2.45, 2.75) is 19.4 Å². The lowest BCUT2D eigenvalue weighted by Gasteiger charge is -2.30. The molecule has 0 bridgehead atoms. The molecule has 1 aromatic carbocycles. The molecule has 1 aromatic rings. The Bertz CT molecular complexity index is 478. The van der Waals surface area contributed by atoms with Gasteiger partial charge in [-0.05, 0) is 31.0 Å². The largest absolute Gasteiger partial charge is 0.348 e. The van der Waals surface area contributed by atoms with Crippen molar-refractivity contribution in [3.63, 3.8) is 0 Å². The Morgan fingerprint density at radius 2 is 2.05 bits per heavy atom. The summed E-state index contributed by atoms with van der Waals surface area (Å²) in [4.78, 5) is 22.1. The average Bonchev–Trinajstić information content (AvgIpc) is 2.41. The fourth-order valence-electron chi connectivity index (χ4n) is 2.17. The van der Waals surface area contributed by atoms with E-state index in [1.165, 1.54) is 24.3 Å². The molecule has 1 heterocycles. The third-order valence-electron chi connectivity index (χ3n) is 3.48. The lowest BCUT2D eigenvalue weighted by molar-refractivity contribution is -0.384. The van der Waals surface area contributed by atoms with Crippen LogP contribution in [0.2, 0.25) is 0 Å². The Kier molecular flexibility index (Phi) is 5.91. The topological polar surface area (TPSA) is 84.3 Å². The van der Waals surface area contributed by atoms with Crippen LogP contribution in [0.15, 0.2) is 24.3 Å². The predicted molar refractivity (Wildman–Crippen MR) is 78.2 cm³/mol. The molecule has 0 aliphatic carbocycles. The Balaban J connectivity index is 0.00000200. The summed E-state index contributed by atoms with van der Waals surface area (Å²) in [6.07, 6.45) is 1.03. The summed E-state index contributed by atoms with van der Waals surface area (Å²) >= 11 is 0. The van der Waals surface area contributed by atoms with E-state index in [9.17, 15) is 14.9 Å². The normalized spacial score (nSPS) is 21.6. The maximum atomic E-state index is 12.0. The van der Waals surface area contributed by atoms with Crippen LogP contribution in [0.1, 0.15) is 23.7 Å². The maximum Gasteiger partial charge on any atom is 0.269 e. The number of nitrogens with zero attached hydrogens (tertiary/aromatic N) is 1. The zero-order valence-corrected chi connectivity index (χ0v) is 12.0. The van der Waals surface area contributed by atoms with E-state index in [1.54, 1.807) is 0 Å². The molecule has 110 valence electrons. The van der Waals surface area contributed by atoms with Crippen molar-refractivity contribution in [3.05, 3.63) is 39.9 Å². The lowest BCUT2D eigenvalue weighted by Crippen LogP contribution is -2.50. The Morgan fingerprint density at radius 3 is 2.60 bits per heavy atom. The molecule has 1 amide bonds. The van der Waals surface area contributed by atoms with Gasteiger partial charge in [-0.1, -0.05) is 6.92 Å². The van der Waals surface area contributed by atoms with Crippen LogP contribution in [0.3, 0.4) is 0 Å². The minimum Gasteiger partial charge on any atom is -0.348 e. The number of hydrogen-bond acceptors (Lipinski definition) is 4. The van der Waals surface area contributed by atoms with Crippen LogP contribution in [0.4, 0.5) is 5.69 Å². The second-order valence-electron chi connectivity index (χ2n) is 4.85. The monoisotopic (exact) mass is 299 g/mol. The van der Waals surface area contributed by atoms with Crippen molar-refractivity contribution in [3.8, 4) is 0 Å². The van der Waals surface area contributed by atoms with Gasteiger partial charge in [-0.25, -0.2) is 0 Å². The molecular weight excluding hydrogens is 282 g/mol. The summed E-state index contributed by atoms with van der Waals surface area (Å²) < 4.78 is 0. The van der Waals surface area contributed by atoms with Crippen LogP contribution in [0.25, 0.3) is 0 Å². The van der Waals surface area contributed by atoms with Crippen LogP contribution >= 0.6 is 12.4 Å². The van der Waals surface area contributed by atoms with Crippen LogP contribution < -0.4 is 10.6 Å². The Labute approximate surface area is 123 Å². The van der Waals surface area contributed by atoms with Gasteiger partial charge in [-0.3, -0.25) is 14.9 Å². The number of nitro benzene ring substituents is 1. The first-order valence-corrected chi connectivity index (χ1v) is 6.34. The lowest BCUT2D eigenvalue weighted by atomic mass is 9.94. The highest BCUT2D eigenvalue weighted by Crippen LogP contribution is 2.14. The molecule has 2 unspecified atom stereocenters. The van der Waals surface area contributed by atoms with Gasteiger partial charge in [0.25, 0.3) is 11.6 Å². The van der Waals surface area contributed by atoms with Crippen LogP contribution in [0.5, 0.6) is 0 Å². The molecule has 2 atom stereocenters. The van der Waals surface area contributed by atoms with Crippen molar-refractivity contribution in [1.29, 1.82) is 0 Å². The second kappa shape index (κ2) is 7.21. The highest BCUT2D eigenvalue weighted by Gasteiger charge is 2.23. The molecule has 0 radical (unpaired) electrons. The number of benzene rings is 1. The van der Waals surface area contributed by atoms with Crippen LogP contribution in [-0.4, -0.2) is 30.0 Å². The molecule has 7 heteroatoms. The first-order chi connectivity index (χ1) is 9.08. The minimum atomic E-state index is -0.477. The highest BCUT2D eigenvalue weighted by atomic mass is 35.5. The number of nitro groups is 1. The highest BCUT2D eigenvalue weighted by molar-refractivity contribution is 5.94. The van der Waals surface area contributed by atoms with Gasteiger partial charge in [0.15, 0.2) is 0 Å². The second-order valence-corrected chi connectivity index (χ2v) is 4.85. The van der Waals surface area contributed by atoms with Gasteiger partial charge in [0, 0.05) is 30.3 Å². The molecule has 2 N–H and O–H groups in total. The summed E-state index contributed by atoms with van der Waals surface area (Å²) in [7, 11) is 0. The summed E-state index contributed by atoms with van der Waals surface area (Å²) in [5, 5.41) is 16.7. The first kappa shape index (κ1) is 16.4. The number of rotatable bonds is 3. The van der Waals surface area contributed by atoms with E-state index >= 15 is 0 Å². The predicted octanol–water partition coefficient (Wildman–Crippen LogP) is 1.74. The SMILES string of the molecule is CC1CCNCC1NC(=O)c1ccc([N+](=O)[O-])cc1.Cl. The summed E-state index contributed by atoms with van der Waals surface area (Å²) in [5.41, 5.74) is 0.438. The van der Waals surface area contributed by atoms with E-state index in [1.807, 2.05) is 0 Å². The zero-order valence-electron chi connectivity index (χ0n) is 11.2. The van der Waals surface area contributed by atoms with Gasteiger partial charge in [-0.15, -0.1) is 12.4 Å². The summed E-state index contributed by atoms with van der Waals surface area (Å²) in [6.45, 7) is 3.85. The number of non-ortho nitro benzene ring substituents is 1. The molecule has 0 saturated carbocycles. The number of amides is 1. The van der Waals surface area contributed by atoms with E-state index in [2.05, 4.69) is 17.6 Å². The van der Waals surface area contributed by atoms with Crippen molar-refractivity contribution >= 4 is 24.0 Å². The minimum absolute atomic E-state index is 0. The molecule has 1 fully saturated rings. The molecule has 1 aliphatic rings. The fourth-order valence-corrected chi connectivity index (χ4v) is 2.17. The summed E-state index contributed by atoms with van der Waals surface area (Å²) in [6, 6.07) is 5.76. The molecule has 2 rings (SSSR count). The molecule has 0 aromatic heterocycles. The standard InChI is InChI=1S/C13H17N3O3.ClH/c1-9-6-7-14-8-12(9)15-13(17)10-2-4-11(5-3-10)16(18)19;/h2-5,9,12,14H,6-8H2,1H3,(H,15,17);1H. The number of piperidine rings is 1. The summed E-state index contributed by atoms with van der Waals surface area (Å²) in [5.74, 6) is 0.249. The van der Waals surface area contributed by atoms with E-state index in [0.717, 1.165) is 19.5 Å². The fraction of sp³-hybridized carbons (Fsp3) is 0.462. The smallest absolute Gasteiger partial charge is 0.269 e. The van der Waals surface area contributed by atoms with Crippen molar-refractivity contribution in [1.82, 2.24) is 10.6 Å². The number of nitrogens with one attached hydrogen (secondary N) is 2. The maximum absolute atomic E-state index is 12.0. The molecule has 20 heavy (non-hydrogen) atoms. The van der Waals surface area contributed by atoms with Gasteiger partial charge < -0.3 is 10.6 Å².